The van der Waals surface area contributed by atoms with Gasteiger partial charge < -0.3 is 5.32 Å². The molecule has 1 heterocycles. The van der Waals surface area contributed by atoms with Gasteiger partial charge in [0.2, 0.25) is 0 Å². The quantitative estimate of drug-likeness (QED) is 0.858. The topological polar surface area (TPSA) is 37.8 Å². The molecule has 94 valence electrons. The van der Waals surface area contributed by atoms with Crippen LogP contribution in [0.15, 0.2) is 40.3 Å². The predicted octanol–water partition coefficient (Wildman–Crippen LogP) is 4.02. The lowest BCUT2D eigenvalue weighted by atomic mass is 10.4. The van der Waals surface area contributed by atoms with Crippen LogP contribution < -0.4 is 5.32 Å². The normalized spacial score (nSPS) is 10.4. The average molecular weight is 280 g/mol. The van der Waals surface area contributed by atoms with Gasteiger partial charge in [-0.1, -0.05) is 29.4 Å². The van der Waals surface area contributed by atoms with Crippen LogP contribution in [0.4, 0.5) is 5.82 Å². The number of anilines is 1. The van der Waals surface area contributed by atoms with Crippen molar-refractivity contribution in [2.24, 2.45) is 0 Å². The molecule has 0 bridgehead atoms. The maximum absolute atomic E-state index is 5.96. The number of aromatic nitrogens is 2. The highest BCUT2D eigenvalue weighted by atomic mass is 35.5. The first-order chi connectivity index (χ1) is 8.67. The first kappa shape index (κ1) is 13.2. The van der Waals surface area contributed by atoms with E-state index in [4.69, 9.17) is 11.6 Å². The molecule has 0 amide bonds. The monoisotopic (exact) mass is 279 g/mol. The summed E-state index contributed by atoms with van der Waals surface area (Å²) in [6.07, 6.45) is 0. The smallest absolute Gasteiger partial charge is 0.130 e. The Morgan fingerprint density at radius 2 is 2.11 bits per heavy atom. The summed E-state index contributed by atoms with van der Waals surface area (Å²) in [6, 6.07) is 9.68. The minimum absolute atomic E-state index is 0.734. The third-order valence-electron chi connectivity index (χ3n) is 2.19. The minimum Gasteiger partial charge on any atom is -0.370 e. The highest BCUT2D eigenvalue weighted by molar-refractivity contribution is 7.99. The fourth-order valence-electron chi connectivity index (χ4n) is 1.52. The molecule has 3 nitrogen and oxygen atoms in total. The van der Waals surface area contributed by atoms with E-state index in [1.807, 2.05) is 44.2 Å². The van der Waals surface area contributed by atoms with Gasteiger partial charge in [-0.15, -0.1) is 0 Å². The lowest BCUT2D eigenvalue weighted by molar-refractivity contribution is 0.960. The van der Waals surface area contributed by atoms with E-state index in [-0.39, 0.29) is 0 Å². The van der Waals surface area contributed by atoms with Gasteiger partial charge in [0.25, 0.3) is 0 Å². The van der Waals surface area contributed by atoms with Crippen molar-refractivity contribution in [2.45, 2.75) is 23.8 Å². The van der Waals surface area contributed by atoms with Crippen LogP contribution in [0, 0.1) is 6.92 Å². The van der Waals surface area contributed by atoms with Gasteiger partial charge in [-0.3, -0.25) is 0 Å². The molecule has 0 spiro atoms. The van der Waals surface area contributed by atoms with Gasteiger partial charge in [0.15, 0.2) is 0 Å². The van der Waals surface area contributed by atoms with Crippen molar-refractivity contribution in [1.29, 1.82) is 0 Å². The highest BCUT2D eigenvalue weighted by Gasteiger charge is 2.04. The number of hydrogen-bond donors (Lipinski definition) is 1. The first-order valence-corrected chi connectivity index (χ1v) is 6.90. The van der Waals surface area contributed by atoms with Crippen LogP contribution >= 0.6 is 23.4 Å². The van der Waals surface area contributed by atoms with Crippen molar-refractivity contribution in [2.75, 3.05) is 11.9 Å². The molecule has 2 aromatic rings. The summed E-state index contributed by atoms with van der Waals surface area (Å²) in [5.41, 5.74) is 0. The molecule has 0 atom stereocenters. The van der Waals surface area contributed by atoms with Gasteiger partial charge in [-0.2, -0.15) is 0 Å². The fourth-order valence-corrected chi connectivity index (χ4v) is 2.69. The second-order valence-corrected chi connectivity index (χ2v) is 5.26. The second kappa shape index (κ2) is 6.07. The Morgan fingerprint density at radius 3 is 2.83 bits per heavy atom. The van der Waals surface area contributed by atoms with Crippen molar-refractivity contribution in [3.05, 3.63) is 41.2 Å². The van der Waals surface area contributed by atoms with Crippen LogP contribution in [0.5, 0.6) is 0 Å². The Labute approximate surface area is 116 Å². The first-order valence-electron chi connectivity index (χ1n) is 5.70. The number of benzene rings is 1. The molecule has 1 aromatic carbocycles. The molecule has 0 fully saturated rings. The predicted molar refractivity (Wildman–Crippen MR) is 76.5 cm³/mol. The van der Waals surface area contributed by atoms with E-state index in [0.29, 0.717) is 0 Å². The van der Waals surface area contributed by atoms with Crippen LogP contribution in [0.25, 0.3) is 0 Å². The highest BCUT2D eigenvalue weighted by Crippen LogP contribution is 2.29. The van der Waals surface area contributed by atoms with Gasteiger partial charge in [-0.05, 0) is 32.0 Å². The van der Waals surface area contributed by atoms with E-state index >= 15 is 0 Å². The Morgan fingerprint density at radius 1 is 1.28 bits per heavy atom. The van der Waals surface area contributed by atoms with E-state index < -0.39 is 0 Å². The molecule has 0 radical (unpaired) electrons. The zero-order valence-electron chi connectivity index (χ0n) is 10.3. The summed E-state index contributed by atoms with van der Waals surface area (Å²) in [5.74, 6) is 1.62. The standard InChI is InChI=1S/C13H14ClN3S/c1-3-15-12-8-13(17-9(2)16-12)18-11-6-4-5-10(14)7-11/h4-8H,3H2,1-2H3,(H,15,16,17). The minimum atomic E-state index is 0.734. The zero-order chi connectivity index (χ0) is 13.0. The average Bonchev–Trinajstić information content (AvgIpc) is 2.28. The van der Waals surface area contributed by atoms with E-state index in [0.717, 1.165) is 33.1 Å². The number of nitrogens with zero attached hydrogens (tertiary/aromatic N) is 2. The van der Waals surface area contributed by atoms with E-state index in [1.165, 1.54) is 0 Å². The summed E-state index contributed by atoms with van der Waals surface area (Å²) in [4.78, 5) is 9.80. The van der Waals surface area contributed by atoms with E-state index in [2.05, 4.69) is 15.3 Å². The Kier molecular flexibility index (Phi) is 4.44. The fraction of sp³-hybridized carbons (Fsp3) is 0.231. The van der Waals surface area contributed by atoms with Crippen LogP contribution in [0.2, 0.25) is 5.02 Å². The number of nitrogens with one attached hydrogen (secondary N) is 1. The molecule has 0 saturated heterocycles. The van der Waals surface area contributed by atoms with Crippen LogP contribution in [0.1, 0.15) is 12.7 Å². The van der Waals surface area contributed by atoms with E-state index in [1.54, 1.807) is 11.8 Å². The maximum Gasteiger partial charge on any atom is 0.130 e. The molecule has 0 saturated carbocycles. The molecule has 5 heteroatoms. The molecule has 0 aliphatic heterocycles. The lowest BCUT2D eigenvalue weighted by Gasteiger charge is -2.06. The van der Waals surface area contributed by atoms with Gasteiger partial charge in [0, 0.05) is 22.5 Å². The van der Waals surface area contributed by atoms with Crippen LogP contribution in [-0.4, -0.2) is 16.5 Å². The van der Waals surface area contributed by atoms with Crippen LogP contribution in [0.3, 0.4) is 0 Å². The maximum atomic E-state index is 5.96. The Hall–Kier alpha value is -1.26. The third kappa shape index (κ3) is 3.62. The molecular weight excluding hydrogens is 266 g/mol. The summed E-state index contributed by atoms with van der Waals surface area (Å²) in [7, 11) is 0. The van der Waals surface area contributed by atoms with Gasteiger partial charge in [-0.25, -0.2) is 9.97 Å². The van der Waals surface area contributed by atoms with Gasteiger partial charge >= 0.3 is 0 Å². The number of hydrogen-bond acceptors (Lipinski definition) is 4. The number of halogens is 1. The summed E-state index contributed by atoms with van der Waals surface area (Å²) < 4.78 is 0. The van der Waals surface area contributed by atoms with Crippen molar-refractivity contribution in [3.8, 4) is 0 Å². The van der Waals surface area contributed by atoms with E-state index in [9.17, 15) is 0 Å². The summed E-state index contributed by atoms with van der Waals surface area (Å²) in [6.45, 7) is 4.78. The summed E-state index contributed by atoms with van der Waals surface area (Å²) in [5, 5.41) is 4.85. The second-order valence-electron chi connectivity index (χ2n) is 3.73. The Balaban J connectivity index is 2.23. The number of aryl methyl sites for hydroxylation is 1. The molecule has 18 heavy (non-hydrogen) atoms. The van der Waals surface area contributed by atoms with Crippen molar-refractivity contribution < 1.29 is 0 Å². The molecule has 1 N–H and O–H groups in total. The van der Waals surface area contributed by atoms with Gasteiger partial charge in [0.1, 0.15) is 16.7 Å². The zero-order valence-corrected chi connectivity index (χ0v) is 11.8. The SMILES string of the molecule is CCNc1cc(Sc2cccc(Cl)c2)nc(C)n1. The Bertz CT molecular complexity index is 546. The largest absolute Gasteiger partial charge is 0.370 e. The molecule has 1 aromatic heterocycles. The molecular formula is C13H14ClN3S. The van der Waals surface area contributed by atoms with Crippen molar-refractivity contribution in [3.63, 3.8) is 0 Å². The van der Waals surface area contributed by atoms with Crippen molar-refractivity contribution in [1.82, 2.24) is 9.97 Å². The molecule has 0 aliphatic rings. The van der Waals surface area contributed by atoms with Gasteiger partial charge in [0.05, 0.1) is 0 Å². The summed E-state index contributed by atoms with van der Waals surface area (Å²) >= 11 is 7.55. The lowest BCUT2D eigenvalue weighted by Crippen LogP contribution is -2.02. The third-order valence-corrected chi connectivity index (χ3v) is 3.33. The van der Waals surface area contributed by atoms with Crippen LogP contribution in [-0.2, 0) is 0 Å². The van der Waals surface area contributed by atoms with Crippen molar-refractivity contribution >= 4 is 29.2 Å². The molecule has 0 unspecified atom stereocenters. The molecule has 0 aliphatic carbocycles. The number of rotatable bonds is 4. The molecule has 2 rings (SSSR count).